The summed E-state index contributed by atoms with van der Waals surface area (Å²) in [4.78, 5) is 25.9. The Morgan fingerprint density at radius 1 is 1.32 bits per heavy atom. The summed E-state index contributed by atoms with van der Waals surface area (Å²) in [5.41, 5.74) is 0. The number of hydrogen-bond acceptors (Lipinski definition) is 3. The largest absolute Gasteiger partial charge is 0.343 e. The van der Waals surface area contributed by atoms with Crippen LogP contribution in [0, 0.1) is 11.8 Å². The maximum atomic E-state index is 12.4. The third kappa shape index (κ3) is 4.13. The molecule has 2 rings (SSSR count). The summed E-state index contributed by atoms with van der Waals surface area (Å²) in [6, 6.07) is -0.306. The molecule has 2 aliphatic rings. The first-order valence-corrected chi connectivity index (χ1v) is 8.37. The lowest BCUT2D eigenvalue weighted by molar-refractivity contribution is -0.145. The Morgan fingerprint density at radius 3 is 2.63 bits per heavy atom. The quantitative estimate of drug-likeness (QED) is 0.851. The van der Waals surface area contributed by atoms with Gasteiger partial charge in [-0.05, 0) is 42.6 Å². The second kappa shape index (κ2) is 6.64. The van der Waals surface area contributed by atoms with Crippen LogP contribution in [0.4, 0.5) is 0 Å². The van der Waals surface area contributed by atoms with E-state index >= 15 is 0 Å². The van der Waals surface area contributed by atoms with Crippen LogP contribution in [0.3, 0.4) is 0 Å². The average Bonchev–Trinajstić information content (AvgIpc) is 2.35. The highest BCUT2D eigenvalue weighted by atomic mass is 32.2. The van der Waals surface area contributed by atoms with Crippen molar-refractivity contribution in [1.29, 1.82) is 0 Å². The van der Waals surface area contributed by atoms with Crippen LogP contribution in [0.2, 0.25) is 0 Å². The van der Waals surface area contributed by atoms with Crippen LogP contribution >= 0.6 is 11.8 Å². The van der Waals surface area contributed by atoms with E-state index in [0.717, 1.165) is 13.0 Å². The van der Waals surface area contributed by atoms with E-state index in [4.69, 9.17) is 0 Å². The van der Waals surface area contributed by atoms with Gasteiger partial charge in [0.1, 0.15) is 6.04 Å². The Kier molecular flexibility index (Phi) is 5.13. The van der Waals surface area contributed by atoms with Gasteiger partial charge in [-0.3, -0.25) is 9.59 Å². The van der Waals surface area contributed by atoms with E-state index < -0.39 is 0 Å². The number of piperazine rings is 1. The SMILES string of the molecule is CC(C)CC1NC(=O)CN(CC2CCSCC2)C1=O. The first-order chi connectivity index (χ1) is 9.06. The average molecular weight is 284 g/mol. The van der Waals surface area contributed by atoms with Crippen molar-refractivity contribution in [2.24, 2.45) is 11.8 Å². The van der Waals surface area contributed by atoms with Gasteiger partial charge in [0.2, 0.25) is 11.8 Å². The lowest BCUT2D eigenvalue weighted by atomic mass is 9.98. The van der Waals surface area contributed by atoms with Crippen molar-refractivity contribution in [2.45, 2.75) is 39.2 Å². The van der Waals surface area contributed by atoms with E-state index in [1.807, 2.05) is 11.8 Å². The molecule has 2 fully saturated rings. The van der Waals surface area contributed by atoms with Crippen LogP contribution in [0.1, 0.15) is 33.1 Å². The van der Waals surface area contributed by atoms with Crippen molar-refractivity contribution >= 4 is 23.6 Å². The highest BCUT2D eigenvalue weighted by Crippen LogP contribution is 2.24. The highest BCUT2D eigenvalue weighted by Gasteiger charge is 2.34. The number of hydrogen-bond donors (Lipinski definition) is 1. The Hall–Kier alpha value is -0.710. The normalized spacial score (nSPS) is 25.8. The maximum absolute atomic E-state index is 12.4. The molecule has 19 heavy (non-hydrogen) atoms. The fourth-order valence-corrected chi connectivity index (χ4v) is 4.00. The third-order valence-corrected chi connectivity index (χ3v) is 4.85. The summed E-state index contributed by atoms with van der Waals surface area (Å²) in [5, 5.41) is 2.83. The zero-order valence-corrected chi connectivity index (χ0v) is 12.7. The van der Waals surface area contributed by atoms with E-state index in [-0.39, 0.29) is 24.4 Å². The topological polar surface area (TPSA) is 49.4 Å². The molecule has 2 saturated heterocycles. The van der Waals surface area contributed by atoms with Gasteiger partial charge in [0.05, 0.1) is 6.54 Å². The fraction of sp³-hybridized carbons (Fsp3) is 0.857. The smallest absolute Gasteiger partial charge is 0.245 e. The molecule has 1 unspecified atom stereocenters. The van der Waals surface area contributed by atoms with Gasteiger partial charge in [-0.1, -0.05) is 13.8 Å². The Morgan fingerprint density at radius 2 is 2.00 bits per heavy atom. The van der Waals surface area contributed by atoms with Crippen LogP contribution < -0.4 is 5.32 Å². The molecular formula is C14H24N2O2S. The molecule has 0 radical (unpaired) electrons. The highest BCUT2D eigenvalue weighted by molar-refractivity contribution is 7.99. The molecular weight excluding hydrogens is 260 g/mol. The van der Waals surface area contributed by atoms with E-state index in [1.54, 1.807) is 4.90 Å². The number of rotatable bonds is 4. The van der Waals surface area contributed by atoms with Crippen LogP contribution in [0.5, 0.6) is 0 Å². The molecule has 2 heterocycles. The molecule has 1 atom stereocenters. The number of carbonyl (C=O) groups excluding carboxylic acids is 2. The van der Waals surface area contributed by atoms with Crippen molar-refractivity contribution in [1.82, 2.24) is 10.2 Å². The lowest BCUT2D eigenvalue weighted by Gasteiger charge is -2.36. The van der Waals surface area contributed by atoms with Gasteiger partial charge in [0.15, 0.2) is 0 Å². The van der Waals surface area contributed by atoms with E-state index in [2.05, 4.69) is 19.2 Å². The predicted molar refractivity (Wildman–Crippen MR) is 78.0 cm³/mol. The van der Waals surface area contributed by atoms with Crippen molar-refractivity contribution in [3.63, 3.8) is 0 Å². The lowest BCUT2D eigenvalue weighted by Crippen LogP contribution is -2.59. The molecule has 5 heteroatoms. The zero-order valence-electron chi connectivity index (χ0n) is 11.9. The summed E-state index contributed by atoms with van der Waals surface area (Å²) >= 11 is 1.99. The summed E-state index contributed by atoms with van der Waals surface area (Å²) in [6.07, 6.45) is 3.08. The van der Waals surface area contributed by atoms with Crippen molar-refractivity contribution in [2.75, 3.05) is 24.6 Å². The molecule has 2 amide bonds. The second-order valence-electron chi connectivity index (χ2n) is 6.02. The monoisotopic (exact) mass is 284 g/mol. The van der Waals surface area contributed by atoms with Crippen LogP contribution in [0.25, 0.3) is 0 Å². The summed E-state index contributed by atoms with van der Waals surface area (Å²) in [5.74, 6) is 3.49. The molecule has 0 saturated carbocycles. The summed E-state index contributed by atoms with van der Waals surface area (Å²) in [6.45, 7) is 5.17. The summed E-state index contributed by atoms with van der Waals surface area (Å²) < 4.78 is 0. The second-order valence-corrected chi connectivity index (χ2v) is 7.25. The predicted octanol–water partition coefficient (Wildman–Crippen LogP) is 1.50. The first-order valence-electron chi connectivity index (χ1n) is 7.22. The number of amides is 2. The molecule has 0 aromatic heterocycles. The first kappa shape index (κ1) is 14.7. The van der Waals surface area contributed by atoms with Crippen molar-refractivity contribution in [3.8, 4) is 0 Å². The molecule has 108 valence electrons. The molecule has 0 aromatic rings. The van der Waals surface area contributed by atoms with Crippen LogP contribution in [0.15, 0.2) is 0 Å². The number of thioether (sulfide) groups is 1. The Labute approximate surface area is 119 Å². The van der Waals surface area contributed by atoms with Gasteiger partial charge < -0.3 is 10.2 Å². The van der Waals surface area contributed by atoms with Gasteiger partial charge in [-0.25, -0.2) is 0 Å². The number of carbonyl (C=O) groups is 2. The zero-order chi connectivity index (χ0) is 13.8. The van der Waals surface area contributed by atoms with E-state index in [9.17, 15) is 9.59 Å². The summed E-state index contributed by atoms with van der Waals surface area (Å²) in [7, 11) is 0. The standard InChI is InChI=1S/C14H24N2O2S/c1-10(2)7-12-14(18)16(9-13(17)15-12)8-11-3-5-19-6-4-11/h10-12H,3-9H2,1-2H3,(H,15,17). The van der Waals surface area contributed by atoms with Gasteiger partial charge in [-0.2, -0.15) is 11.8 Å². The van der Waals surface area contributed by atoms with Gasteiger partial charge in [0.25, 0.3) is 0 Å². The number of nitrogens with zero attached hydrogens (tertiary/aromatic N) is 1. The molecule has 4 nitrogen and oxygen atoms in total. The van der Waals surface area contributed by atoms with Gasteiger partial charge >= 0.3 is 0 Å². The fourth-order valence-electron chi connectivity index (χ4n) is 2.80. The minimum Gasteiger partial charge on any atom is -0.343 e. The maximum Gasteiger partial charge on any atom is 0.245 e. The van der Waals surface area contributed by atoms with Crippen LogP contribution in [-0.4, -0.2) is 47.4 Å². The van der Waals surface area contributed by atoms with Crippen molar-refractivity contribution in [3.05, 3.63) is 0 Å². The molecule has 0 aliphatic carbocycles. The van der Waals surface area contributed by atoms with E-state index in [1.165, 1.54) is 24.3 Å². The van der Waals surface area contributed by atoms with Crippen LogP contribution in [-0.2, 0) is 9.59 Å². The third-order valence-electron chi connectivity index (χ3n) is 3.81. The molecule has 1 N–H and O–H groups in total. The molecule has 0 bridgehead atoms. The minimum atomic E-state index is -0.306. The Bertz CT molecular complexity index is 340. The molecule has 0 aromatic carbocycles. The Balaban J connectivity index is 1.94. The van der Waals surface area contributed by atoms with Gasteiger partial charge in [-0.15, -0.1) is 0 Å². The molecule has 2 aliphatic heterocycles. The molecule has 0 spiro atoms. The number of nitrogens with one attached hydrogen (secondary N) is 1. The van der Waals surface area contributed by atoms with Gasteiger partial charge in [0, 0.05) is 6.54 Å². The minimum absolute atomic E-state index is 0.00423. The van der Waals surface area contributed by atoms with E-state index in [0.29, 0.717) is 11.8 Å². The van der Waals surface area contributed by atoms with Crippen molar-refractivity contribution < 1.29 is 9.59 Å².